The van der Waals surface area contributed by atoms with Gasteiger partial charge in [0, 0.05) is 7.11 Å². The Morgan fingerprint density at radius 2 is 1.24 bits per heavy atom. The van der Waals surface area contributed by atoms with E-state index in [1.165, 1.54) is 49.7 Å². The van der Waals surface area contributed by atoms with Crippen molar-refractivity contribution in [3.05, 3.63) is 84.4 Å². The molecular formula is C24H32O. The molecule has 0 radical (unpaired) electrons. The molecule has 0 aliphatic rings. The molecule has 2 rings (SSSR count). The highest BCUT2D eigenvalue weighted by Gasteiger charge is 2.33. The Morgan fingerprint density at radius 1 is 0.760 bits per heavy atom. The average Bonchev–Trinajstić information content (AvgIpc) is 2.69. The highest BCUT2D eigenvalue weighted by Crippen LogP contribution is 2.38. The van der Waals surface area contributed by atoms with Crippen molar-refractivity contribution in [2.75, 3.05) is 7.11 Å². The highest BCUT2D eigenvalue weighted by atomic mass is 16.5. The molecule has 0 N–H and O–H groups in total. The van der Waals surface area contributed by atoms with E-state index < -0.39 is 0 Å². The zero-order valence-corrected chi connectivity index (χ0v) is 15.6. The minimum absolute atomic E-state index is 0.342. The van der Waals surface area contributed by atoms with Gasteiger partial charge in [-0.2, -0.15) is 0 Å². The molecule has 0 atom stereocenters. The first kappa shape index (κ1) is 19.5. The molecule has 0 aliphatic carbocycles. The van der Waals surface area contributed by atoms with Crippen LogP contribution in [-0.2, 0) is 10.3 Å². The van der Waals surface area contributed by atoms with Gasteiger partial charge in [0.25, 0.3) is 0 Å². The van der Waals surface area contributed by atoms with Gasteiger partial charge in [-0.15, -0.1) is 6.58 Å². The van der Waals surface area contributed by atoms with E-state index in [1.807, 2.05) is 13.2 Å². The number of hydrogen-bond donors (Lipinski definition) is 0. The van der Waals surface area contributed by atoms with Crippen LogP contribution in [0.3, 0.4) is 0 Å². The molecule has 0 amide bonds. The fourth-order valence-electron chi connectivity index (χ4n) is 3.58. The normalized spacial score (nSPS) is 11.4. The maximum atomic E-state index is 6.16. The minimum Gasteiger partial charge on any atom is -0.369 e. The van der Waals surface area contributed by atoms with Gasteiger partial charge in [-0.1, -0.05) is 92.4 Å². The molecule has 1 heteroatoms. The lowest BCUT2D eigenvalue weighted by molar-refractivity contribution is 0.0122. The molecule has 1 nitrogen and oxygen atoms in total. The standard InChI is InChI=1S/C24H32O/c1-3-4-5-6-7-8-9-16-21-24(25-2,22-17-12-10-13-18-22)23-19-14-11-15-20-23/h3,10-15,17-20H,1,4-9,16,21H2,2H3. The van der Waals surface area contributed by atoms with Crippen molar-refractivity contribution in [2.24, 2.45) is 0 Å². The fourth-order valence-corrected chi connectivity index (χ4v) is 3.58. The molecule has 0 saturated carbocycles. The summed E-state index contributed by atoms with van der Waals surface area (Å²) >= 11 is 0. The SMILES string of the molecule is C=CCCCCCCCCC(OC)(c1ccccc1)c1ccccc1. The molecule has 0 saturated heterocycles. The van der Waals surface area contributed by atoms with Gasteiger partial charge in [0.2, 0.25) is 0 Å². The molecule has 134 valence electrons. The third kappa shape index (κ3) is 5.57. The zero-order valence-electron chi connectivity index (χ0n) is 15.6. The van der Waals surface area contributed by atoms with E-state index in [0.717, 1.165) is 12.8 Å². The lowest BCUT2D eigenvalue weighted by Gasteiger charge is -2.34. The summed E-state index contributed by atoms with van der Waals surface area (Å²) < 4.78 is 6.16. The summed E-state index contributed by atoms with van der Waals surface area (Å²) in [4.78, 5) is 0. The van der Waals surface area contributed by atoms with E-state index >= 15 is 0 Å². The lowest BCUT2D eigenvalue weighted by atomic mass is 9.81. The minimum atomic E-state index is -0.342. The maximum Gasteiger partial charge on any atom is 0.118 e. The van der Waals surface area contributed by atoms with Crippen molar-refractivity contribution in [2.45, 2.75) is 57.0 Å². The molecular weight excluding hydrogens is 304 g/mol. The number of methoxy groups -OCH3 is 1. The van der Waals surface area contributed by atoms with Gasteiger partial charge in [-0.05, 0) is 36.8 Å². The van der Waals surface area contributed by atoms with Gasteiger partial charge >= 0.3 is 0 Å². The first-order chi connectivity index (χ1) is 12.3. The second-order valence-corrected chi connectivity index (χ2v) is 6.71. The third-order valence-electron chi connectivity index (χ3n) is 5.02. The van der Waals surface area contributed by atoms with Crippen molar-refractivity contribution in [3.63, 3.8) is 0 Å². The van der Waals surface area contributed by atoms with E-state index in [1.54, 1.807) is 0 Å². The Labute approximate surface area is 153 Å². The molecule has 0 bridgehead atoms. The summed E-state index contributed by atoms with van der Waals surface area (Å²) in [5.74, 6) is 0. The van der Waals surface area contributed by atoms with Crippen molar-refractivity contribution in [1.29, 1.82) is 0 Å². The van der Waals surface area contributed by atoms with Crippen LogP contribution in [0.15, 0.2) is 73.3 Å². The number of hydrogen-bond acceptors (Lipinski definition) is 1. The summed E-state index contributed by atoms with van der Waals surface area (Å²) in [7, 11) is 1.84. The van der Waals surface area contributed by atoms with Gasteiger partial charge in [0.15, 0.2) is 0 Å². The molecule has 0 spiro atoms. The molecule has 0 aliphatic heterocycles. The lowest BCUT2D eigenvalue weighted by Crippen LogP contribution is -2.30. The van der Waals surface area contributed by atoms with Crippen LogP contribution < -0.4 is 0 Å². The monoisotopic (exact) mass is 336 g/mol. The van der Waals surface area contributed by atoms with Crippen LogP contribution in [0.5, 0.6) is 0 Å². The van der Waals surface area contributed by atoms with Gasteiger partial charge < -0.3 is 4.74 Å². The second kappa shape index (κ2) is 10.9. The summed E-state index contributed by atoms with van der Waals surface area (Å²) in [6, 6.07) is 21.3. The van der Waals surface area contributed by atoms with Crippen molar-refractivity contribution >= 4 is 0 Å². The predicted octanol–water partition coefficient (Wildman–Crippen LogP) is 6.88. The summed E-state index contributed by atoms with van der Waals surface area (Å²) in [6.07, 6.45) is 11.9. The Morgan fingerprint density at radius 3 is 1.72 bits per heavy atom. The van der Waals surface area contributed by atoms with E-state index in [4.69, 9.17) is 4.74 Å². The van der Waals surface area contributed by atoms with E-state index in [2.05, 4.69) is 67.2 Å². The highest BCUT2D eigenvalue weighted by molar-refractivity contribution is 5.36. The zero-order chi connectivity index (χ0) is 17.8. The van der Waals surface area contributed by atoms with Gasteiger partial charge in [0.1, 0.15) is 5.60 Å². The molecule has 0 unspecified atom stereocenters. The van der Waals surface area contributed by atoms with Crippen LogP contribution in [0, 0.1) is 0 Å². The predicted molar refractivity (Wildman–Crippen MR) is 108 cm³/mol. The number of unbranched alkanes of at least 4 members (excludes halogenated alkanes) is 6. The van der Waals surface area contributed by atoms with E-state index in [-0.39, 0.29) is 5.60 Å². The van der Waals surface area contributed by atoms with Crippen LogP contribution in [0.1, 0.15) is 62.5 Å². The molecule has 0 fully saturated rings. The van der Waals surface area contributed by atoms with Crippen LogP contribution in [-0.4, -0.2) is 7.11 Å². The second-order valence-electron chi connectivity index (χ2n) is 6.71. The van der Waals surface area contributed by atoms with Crippen molar-refractivity contribution < 1.29 is 4.74 Å². The Bertz CT molecular complexity index is 549. The van der Waals surface area contributed by atoms with E-state index in [0.29, 0.717) is 0 Å². The summed E-state index contributed by atoms with van der Waals surface area (Å²) in [5, 5.41) is 0. The molecule has 2 aromatic carbocycles. The van der Waals surface area contributed by atoms with Crippen LogP contribution >= 0.6 is 0 Å². The molecule has 2 aromatic rings. The quantitative estimate of drug-likeness (QED) is 0.303. The maximum absolute atomic E-state index is 6.16. The number of benzene rings is 2. The Hall–Kier alpha value is -1.86. The molecule has 25 heavy (non-hydrogen) atoms. The first-order valence-electron chi connectivity index (χ1n) is 9.60. The summed E-state index contributed by atoms with van der Waals surface area (Å²) in [5.41, 5.74) is 2.15. The number of rotatable bonds is 12. The largest absolute Gasteiger partial charge is 0.369 e. The first-order valence-corrected chi connectivity index (χ1v) is 9.60. The third-order valence-corrected chi connectivity index (χ3v) is 5.02. The fraction of sp³-hybridized carbons (Fsp3) is 0.417. The van der Waals surface area contributed by atoms with Gasteiger partial charge in [-0.3, -0.25) is 0 Å². The summed E-state index contributed by atoms with van der Waals surface area (Å²) in [6.45, 7) is 3.79. The number of ether oxygens (including phenoxy) is 1. The molecule has 0 heterocycles. The number of allylic oxidation sites excluding steroid dienone is 1. The van der Waals surface area contributed by atoms with Crippen molar-refractivity contribution in [1.82, 2.24) is 0 Å². The van der Waals surface area contributed by atoms with Crippen molar-refractivity contribution in [3.8, 4) is 0 Å². The average molecular weight is 337 g/mol. The van der Waals surface area contributed by atoms with Gasteiger partial charge in [-0.25, -0.2) is 0 Å². The van der Waals surface area contributed by atoms with Crippen LogP contribution in [0.2, 0.25) is 0 Å². The smallest absolute Gasteiger partial charge is 0.118 e. The Balaban J connectivity index is 2.00. The Kier molecular flexibility index (Phi) is 8.48. The van der Waals surface area contributed by atoms with E-state index in [9.17, 15) is 0 Å². The van der Waals surface area contributed by atoms with Gasteiger partial charge in [0.05, 0.1) is 0 Å². The molecule has 0 aromatic heterocycles. The van der Waals surface area contributed by atoms with Crippen LogP contribution in [0.4, 0.5) is 0 Å². The topological polar surface area (TPSA) is 9.23 Å². The van der Waals surface area contributed by atoms with Crippen LogP contribution in [0.25, 0.3) is 0 Å².